The Labute approximate surface area is 103 Å². The number of rotatable bonds is 6. The monoisotopic (exact) mass is 260 g/mol. The Morgan fingerprint density at radius 2 is 1.94 bits per heavy atom. The van der Waals surface area contributed by atoms with Crippen LogP contribution in [0.3, 0.4) is 0 Å². The lowest BCUT2D eigenvalue weighted by atomic mass is 9.85. The summed E-state index contributed by atoms with van der Waals surface area (Å²) in [5, 5.41) is 2.82. The van der Waals surface area contributed by atoms with Crippen LogP contribution in [0.25, 0.3) is 0 Å². The molecule has 2 aliphatic rings. The van der Waals surface area contributed by atoms with E-state index in [2.05, 4.69) is 5.32 Å². The maximum Gasteiger partial charge on any atom is 0.223 e. The highest BCUT2D eigenvalue weighted by atomic mass is 32.2. The lowest BCUT2D eigenvalue weighted by molar-refractivity contribution is -0.127. The molecule has 0 atom stereocenters. The van der Waals surface area contributed by atoms with Crippen LogP contribution < -0.4 is 5.32 Å². The first-order valence-corrected chi connectivity index (χ1v) is 8.08. The van der Waals surface area contributed by atoms with Gasteiger partial charge in [0.1, 0.15) is 0 Å². The van der Waals surface area contributed by atoms with Crippen LogP contribution in [-0.4, -0.2) is 44.0 Å². The van der Waals surface area contributed by atoms with Crippen LogP contribution in [0.2, 0.25) is 0 Å². The van der Waals surface area contributed by atoms with Gasteiger partial charge in [0.2, 0.25) is 15.9 Å². The number of sulfonamides is 1. The zero-order valence-corrected chi connectivity index (χ0v) is 11.0. The van der Waals surface area contributed by atoms with Gasteiger partial charge >= 0.3 is 0 Å². The standard InChI is InChI=1S/C11H20N2O3S/c1-17(15,16)13(10-5-6-10)8-7-12-11(14)9-3-2-4-9/h9-10H,2-8H2,1H3,(H,12,14). The molecule has 0 spiro atoms. The largest absolute Gasteiger partial charge is 0.355 e. The van der Waals surface area contributed by atoms with Crippen molar-refractivity contribution in [2.45, 2.75) is 38.1 Å². The van der Waals surface area contributed by atoms with E-state index in [0.717, 1.165) is 32.1 Å². The zero-order chi connectivity index (χ0) is 12.5. The van der Waals surface area contributed by atoms with E-state index in [1.165, 1.54) is 10.6 Å². The van der Waals surface area contributed by atoms with Gasteiger partial charge in [-0.05, 0) is 25.7 Å². The number of carbonyl (C=O) groups is 1. The molecule has 0 aromatic heterocycles. The molecule has 0 unspecified atom stereocenters. The third-order valence-corrected chi connectivity index (χ3v) is 4.82. The van der Waals surface area contributed by atoms with Crippen molar-refractivity contribution in [2.24, 2.45) is 5.92 Å². The third-order valence-electron chi connectivity index (χ3n) is 3.49. The Balaban J connectivity index is 1.74. The van der Waals surface area contributed by atoms with E-state index in [0.29, 0.717) is 13.1 Å². The molecule has 0 radical (unpaired) electrons. The first-order chi connectivity index (χ1) is 7.98. The van der Waals surface area contributed by atoms with E-state index in [9.17, 15) is 13.2 Å². The van der Waals surface area contributed by atoms with Crippen molar-refractivity contribution in [2.75, 3.05) is 19.3 Å². The Hall–Kier alpha value is -0.620. The second kappa shape index (κ2) is 4.94. The van der Waals surface area contributed by atoms with E-state index in [4.69, 9.17) is 0 Å². The van der Waals surface area contributed by atoms with Crippen molar-refractivity contribution >= 4 is 15.9 Å². The van der Waals surface area contributed by atoms with Gasteiger partial charge in [0.15, 0.2) is 0 Å². The minimum absolute atomic E-state index is 0.0838. The highest BCUT2D eigenvalue weighted by molar-refractivity contribution is 7.88. The summed E-state index contributed by atoms with van der Waals surface area (Å²) in [7, 11) is -3.13. The van der Waals surface area contributed by atoms with Gasteiger partial charge in [-0.2, -0.15) is 4.31 Å². The summed E-state index contributed by atoms with van der Waals surface area (Å²) in [6.45, 7) is 0.834. The van der Waals surface area contributed by atoms with E-state index >= 15 is 0 Å². The average Bonchev–Trinajstić information content (AvgIpc) is 2.90. The predicted octanol–water partition coefficient (Wildman–Crippen LogP) is 0.327. The SMILES string of the molecule is CS(=O)(=O)N(CCNC(=O)C1CCC1)C1CC1. The molecule has 0 heterocycles. The summed E-state index contributed by atoms with van der Waals surface area (Å²) >= 11 is 0. The predicted molar refractivity (Wildman–Crippen MR) is 64.9 cm³/mol. The summed E-state index contributed by atoms with van der Waals surface area (Å²) in [6.07, 6.45) is 6.22. The van der Waals surface area contributed by atoms with E-state index in [1.54, 1.807) is 0 Å². The minimum atomic E-state index is -3.13. The van der Waals surface area contributed by atoms with Crippen LogP contribution in [0.1, 0.15) is 32.1 Å². The highest BCUT2D eigenvalue weighted by Gasteiger charge is 2.34. The molecule has 6 heteroatoms. The van der Waals surface area contributed by atoms with Gasteiger partial charge in [0, 0.05) is 25.0 Å². The number of amides is 1. The van der Waals surface area contributed by atoms with Crippen LogP contribution in [0.4, 0.5) is 0 Å². The molecule has 0 aromatic rings. The summed E-state index contributed by atoms with van der Waals surface area (Å²) in [5.41, 5.74) is 0. The number of hydrogen-bond donors (Lipinski definition) is 1. The molecule has 2 rings (SSSR count). The van der Waals surface area contributed by atoms with Gasteiger partial charge in [-0.3, -0.25) is 4.79 Å². The fraction of sp³-hybridized carbons (Fsp3) is 0.909. The topological polar surface area (TPSA) is 66.5 Å². The second-order valence-corrected chi connectivity index (χ2v) is 6.96. The maximum atomic E-state index is 11.6. The normalized spacial score (nSPS) is 21.3. The first-order valence-electron chi connectivity index (χ1n) is 6.23. The fourth-order valence-corrected chi connectivity index (χ4v) is 3.26. The summed E-state index contributed by atoms with van der Waals surface area (Å²) < 4.78 is 24.5. The molecule has 1 N–H and O–H groups in total. The maximum absolute atomic E-state index is 11.6. The van der Waals surface area contributed by atoms with Crippen molar-refractivity contribution < 1.29 is 13.2 Å². The first kappa shape index (κ1) is 12.8. The zero-order valence-electron chi connectivity index (χ0n) is 10.2. The fourth-order valence-electron chi connectivity index (χ4n) is 2.09. The number of carbonyl (C=O) groups excluding carboxylic acids is 1. The van der Waals surface area contributed by atoms with Crippen LogP contribution in [0, 0.1) is 5.92 Å². The molecule has 98 valence electrons. The van der Waals surface area contributed by atoms with Crippen LogP contribution in [-0.2, 0) is 14.8 Å². The molecule has 0 aliphatic heterocycles. The average molecular weight is 260 g/mol. The molecule has 0 bridgehead atoms. The van der Waals surface area contributed by atoms with Crippen molar-refractivity contribution in [1.29, 1.82) is 0 Å². The molecule has 0 saturated heterocycles. The van der Waals surface area contributed by atoms with Crippen LogP contribution in [0.5, 0.6) is 0 Å². The molecule has 0 aromatic carbocycles. The van der Waals surface area contributed by atoms with Gasteiger partial charge in [-0.15, -0.1) is 0 Å². The molecular formula is C11H20N2O3S. The lowest BCUT2D eigenvalue weighted by Crippen LogP contribution is -2.42. The van der Waals surface area contributed by atoms with Crippen LogP contribution in [0.15, 0.2) is 0 Å². The van der Waals surface area contributed by atoms with E-state index in [1.807, 2.05) is 0 Å². The third kappa shape index (κ3) is 3.42. The lowest BCUT2D eigenvalue weighted by Gasteiger charge is -2.25. The summed E-state index contributed by atoms with van der Waals surface area (Å²) in [5.74, 6) is 0.253. The number of hydrogen-bond acceptors (Lipinski definition) is 3. The Bertz CT molecular complexity index is 386. The number of nitrogens with one attached hydrogen (secondary N) is 1. The number of nitrogens with zero attached hydrogens (tertiary/aromatic N) is 1. The minimum Gasteiger partial charge on any atom is -0.355 e. The molecule has 17 heavy (non-hydrogen) atoms. The Kier molecular flexibility index (Phi) is 3.73. The van der Waals surface area contributed by atoms with Crippen LogP contribution >= 0.6 is 0 Å². The molecule has 2 saturated carbocycles. The summed E-state index contributed by atoms with van der Waals surface area (Å²) in [6, 6.07) is 0.172. The van der Waals surface area contributed by atoms with Gasteiger partial charge in [-0.1, -0.05) is 6.42 Å². The van der Waals surface area contributed by atoms with Crippen molar-refractivity contribution in [3.63, 3.8) is 0 Å². The van der Waals surface area contributed by atoms with Gasteiger partial charge in [0.05, 0.1) is 6.26 Å². The van der Waals surface area contributed by atoms with Gasteiger partial charge in [-0.25, -0.2) is 8.42 Å². The van der Waals surface area contributed by atoms with Crippen molar-refractivity contribution in [1.82, 2.24) is 9.62 Å². The molecule has 5 nitrogen and oxygen atoms in total. The Morgan fingerprint density at radius 1 is 1.29 bits per heavy atom. The van der Waals surface area contributed by atoms with Gasteiger partial charge < -0.3 is 5.32 Å². The van der Waals surface area contributed by atoms with Crippen molar-refractivity contribution in [3.8, 4) is 0 Å². The molecule has 2 fully saturated rings. The molecule has 2 aliphatic carbocycles. The molecular weight excluding hydrogens is 240 g/mol. The van der Waals surface area contributed by atoms with Gasteiger partial charge in [0.25, 0.3) is 0 Å². The molecule has 1 amide bonds. The second-order valence-electron chi connectivity index (χ2n) is 5.02. The Morgan fingerprint density at radius 3 is 2.35 bits per heavy atom. The van der Waals surface area contributed by atoms with E-state index in [-0.39, 0.29) is 17.9 Å². The quantitative estimate of drug-likeness (QED) is 0.748. The highest BCUT2D eigenvalue weighted by Crippen LogP contribution is 2.28. The summed E-state index contributed by atoms with van der Waals surface area (Å²) in [4.78, 5) is 11.6. The van der Waals surface area contributed by atoms with Crippen molar-refractivity contribution in [3.05, 3.63) is 0 Å². The van der Waals surface area contributed by atoms with E-state index < -0.39 is 10.0 Å². The smallest absolute Gasteiger partial charge is 0.223 e.